The fourth-order valence-electron chi connectivity index (χ4n) is 2.52. The number of rotatable bonds is 11. The second-order valence-corrected chi connectivity index (χ2v) is 8.02. The van der Waals surface area contributed by atoms with Crippen molar-refractivity contribution in [2.75, 3.05) is 45.7 Å². The third-order valence-corrected chi connectivity index (χ3v) is 5.21. The first-order chi connectivity index (χ1) is 14.0. The summed E-state index contributed by atoms with van der Waals surface area (Å²) in [4.78, 5) is 28.0. The molecular formula is C21H26ClN3O3S. The Morgan fingerprint density at radius 2 is 1.76 bits per heavy atom. The van der Waals surface area contributed by atoms with Gasteiger partial charge in [0, 0.05) is 35.1 Å². The zero-order valence-electron chi connectivity index (χ0n) is 16.6. The highest BCUT2D eigenvalue weighted by molar-refractivity contribution is 7.99. The molecule has 0 spiro atoms. The van der Waals surface area contributed by atoms with Crippen LogP contribution < -0.4 is 10.6 Å². The van der Waals surface area contributed by atoms with E-state index in [0.29, 0.717) is 18.2 Å². The Labute approximate surface area is 180 Å². The number of hydrogen-bond acceptors (Lipinski definition) is 5. The molecule has 29 heavy (non-hydrogen) atoms. The summed E-state index contributed by atoms with van der Waals surface area (Å²) in [6.45, 7) is 1.43. The standard InChI is InChI=1S/C21H26ClN3O3S/c1-25(14-20(26)23-12-5-13-28-2)15-21(27)24-18-6-3-4-7-19(18)29-17-10-8-16(22)9-11-17/h3-4,6-11H,5,12-15H2,1-2H3,(H,23,26)(H,24,27). The lowest BCUT2D eigenvalue weighted by molar-refractivity contribution is -0.123. The topological polar surface area (TPSA) is 70.7 Å². The van der Waals surface area contributed by atoms with Crippen LogP contribution in [-0.2, 0) is 14.3 Å². The molecular weight excluding hydrogens is 410 g/mol. The third kappa shape index (κ3) is 8.87. The summed E-state index contributed by atoms with van der Waals surface area (Å²) in [5.41, 5.74) is 0.731. The van der Waals surface area contributed by atoms with Crippen molar-refractivity contribution in [1.29, 1.82) is 0 Å². The van der Waals surface area contributed by atoms with Crippen LogP contribution in [0.4, 0.5) is 5.69 Å². The second-order valence-electron chi connectivity index (χ2n) is 6.47. The van der Waals surface area contributed by atoms with Gasteiger partial charge in [-0.15, -0.1) is 0 Å². The predicted octanol–water partition coefficient (Wildman–Crippen LogP) is 3.51. The maximum absolute atomic E-state index is 12.4. The Morgan fingerprint density at radius 1 is 1.07 bits per heavy atom. The lowest BCUT2D eigenvalue weighted by atomic mass is 10.3. The molecule has 2 aromatic carbocycles. The summed E-state index contributed by atoms with van der Waals surface area (Å²) in [7, 11) is 3.36. The highest BCUT2D eigenvalue weighted by Gasteiger charge is 2.12. The van der Waals surface area contributed by atoms with Crippen LogP contribution in [-0.4, -0.2) is 57.1 Å². The van der Waals surface area contributed by atoms with E-state index in [9.17, 15) is 9.59 Å². The maximum Gasteiger partial charge on any atom is 0.238 e. The number of benzene rings is 2. The van der Waals surface area contributed by atoms with Gasteiger partial charge in [0.1, 0.15) is 0 Å². The number of carbonyl (C=O) groups excluding carboxylic acids is 2. The number of amides is 2. The van der Waals surface area contributed by atoms with Crippen molar-refractivity contribution < 1.29 is 14.3 Å². The molecule has 2 amide bonds. The molecule has 0 aliphatic rings. The smallest absolute Gasteiger partial charge is 0.238 e. The van der Waals surface area contributed by atoms with Crippen molar-refractivity contribution in [2.45, 2.75) is 16.2 Å². The van der Waals surface area contributed by atoms with Crippen molar-refractivity contribution in [3.05, 3.63) is 53.6 Å². The number of nitrogens with zero attached hydrogens (tertiary/aromatic N) is 1. The van der Waals surface area contributed by atoms with E-state index in [4.69, 9.17) is 16.3 Å². The molecule has 0 heterocycles. The summed E-state index contributed by atoms with van der Waals surface area (Å²) < 4.78 is 4.94. The molecule has 0 atom stereocenters. The van der Waals surface area contributed by atoms with Crippen molar-refractivity contribution in [3.8, 4) is 0 Å². The molecule has 0 saturated carbocycles. The molecule has 0 fully saturated rings. The van der Waals surface area contributed by atoms with Gasteiger partial charge in [-0.05, 0) is 49.9 Å². The van der Waals surface area contributed by atoms with Gasteiger partial charge in [-0.1, -0.05) is 35.5 Å². The Kier molecular flexibility index (Phi) is 10.0. The molecule has 0 bridgehead atoms. The van der Waals surface area contributed by atoms with Crippen LogP contribution in [0.2, 0.25) is 5.02 Å². The summed E-state index contributed by atoms with van der Waals surface area (Å²) in [5.74, 6) is -0.293. The van der Waals surface area contributed by atoms with E-state index >= 15 is 0 Å². The summed E-state index contributed by atoms with van der Waals surface area (Å²) >= 11 is 7.48. The zero-order valence-corrected chi connectivity index (χ0v) is 18.2. The Bertz CT molecular complexity index is 802. The monoisotopic (exact) mass is 435 g/mol. The molecule has 0 aliphatic heterocycles. The first-order valence-electron chi connectivity index (χ1n) is 9.24. The molecule has 0 radical (unpaired) electrons. The average molecular weight is 436 g/mol. The van der Waals surface area contributed by atoms with E-state index in [2.05, 4.69) is 10.6 Å². The number of anilines is 1. The van der Waals surface area contributed by atoms with E-state index in [0.717, 1.165) is 21.9 Å². The third-order valence-electron chi connectivity index (χ3n) is 3.88. The van der Waals surface area contributed by atoms with E-state index in [1.54, 1.807) is 30.8 Å². The summed E-state index contributed by atoms with van der Waals surface area (Å²) in [6.07, 6.45) is 0.758. The molecule has 2 aromatic rings. The van der Waals surface area contributed by atoms with Crippen molar-refractivity contribution in [1.82, 2.24) is 10.2 Å². The minimum Gasteiger partial charge on any atom is -0.385 e. The normalized spacial score (nSPS) is 10.8. The minimum absolute atomic E-state index is 0.116. The Balaban J connectivity index is 1.85. The van der Waals surface area contributed by atoms with Crippen LogP contribution in [0, 0.1) is 0 Å². The number of hydrogen-bond donors (Lipinski definition) is 2. The van der Waals surface area contributed by atoms with E-state index in [1.807, 2.05) is 48.5 Å². The van der Waals surface area contributed by atoms with Gasteiger partial charge in [-0.25, -0.2) is 0 Å². The summed E-state index contributed by atoms with van der Waals surface area (Å²) in [5, 5.41) is 6.42. The van der Waals surface area contributed by atoms with Gasteiger partial charge in [0.05, 0.1) is 18.8 Å². The second kappa shape index (κ2) is 12.5. The minimum atomic E-state index is -0.177. The van der Waals surface area contributed by atoms with Gasteiger partial charge in [0.2, 0.25) is 11.8 Å². The number of carbonyl (C=O) groups is 2. The lowest BCUT2D eigenvalue weighted by Gasteiger charge is -2.17. The number of ether oxygens (including phenoxy) is 1. The van der Waals surface area contributed by atoms with Gasteiger partial charge >= 0.3 is 0 Å². The van der Waals surface area contributed by atoms with Crippen molar-refractivity contribution in [2.24, 2.45) is 0 Å². The molecule has 6 nitrogen and oxygen atoms in total. The average Bonchev–Trinajstić information content (AvgIpc) is 2.68. The first-order valence-corrected chi connectivity index (χ1v) is 10.4. The van der Waals surface area contributed by atoms with Gasteiger partial charge in [-0.3, -0.25) is 14.5 Å². The molecule has 2 N–H and O–H groups in total. The van der Waals surface area contributed by atoms with Gasteiger partial charge in [-0.2, -0.15) is 0 Å². The van der Waals surface area contributed by atoms with Gasteiger partial charge in [0.25, 0.3) is 0 Å². The number of methoxy groups -OCH3 is 1. The fraction of sp³-hybridized carbons (Fsp3) is 0.333. The molecule has 156 valence electrons. The largest absolute Gasteiger partial charge is 0.385 e. The quantitative estimate of drug-likeness (QED) is 0.528. The first kappa shape index (κ1) is 23.2. The van der Waals surface area contributed by atoms with E-state index in [1.165, 1.54) is 0 Å². The number of halogens is 1. The van der Waals surface area contributed by atoms with Crippen LogP contribution in [0.15, 0.2) is 58.3 Å². The number of likely N-dealkylation sites (N-methyl/N-ethyl adjacent to an activating group) is 1. The highest BCUT2D eigenvalue weighted by Crippen LogP contribution is 2.33. The van der Waals surface area contributed by atoms with Gasteiger partial charge < -0.3 is 15.4 Å². The molecule has 0 saturated heterocycles. The van der Waals surface area contributed by atoms with Crippen LogP contribution in [0.5, 0.6) is 0 Å². The predicted molar refractivity (Wildman–Crippen MR) is 118 cm³/mol. The van der Waals surface area contributed by atoms with Gasteiger partial charge in [0.15, 0.2) is 0 Å². The SMILES string of the molecule is COCCCNC(=O)CN(C)CC(=O)Nc1ccccc1Sc1ccc(Cl)cc1. The molecule has 2 rings (SSSR count). The van der Waals surface area contributed by atoms with Crippen LogP contribution in [0.25, 0.3) is 0 Å². The Morgan fingerprint density at radius 3 is 2.48 bits per heavy atom. The van der Waals surface area contributed by atoms with E-state index < -0.39 is 0 Å². The Hall–Kier alpha value is -2.06. The number of para-hydroxylation sites is 1. The van der Waals surface area contributed by atoms with E-state index in [-0.39, 0.29) is 24.9 Å². The van der Waals surface area contributed by atoms with Crippen LogP contribution >= 0.6 is 23.4 Å². The molecule has 0 aliphatic carbocycles. The highest BCUT2D eigenvalue weighted by atomic mass is 35.5. The maximum atomic E-state index is 12.4. The van der Waals surface area contributed by atoms with Crippen molar-refractivity contribution in [3.63, 3.8) is 0 Å². The zero-order chi connectivity index (χ0) is 21.1. The number of nitrogens with one attached hydrogen (secondary N) is 2. The fourth-order valence-corrected chi connectivity index (χ4v) is 3.55. The van der Waals surface area contributed by atoms with Crippen LogP contribution in [0.3, 0.4) is 0 Å². The molecule has 0 unspecified atom stereocenters. The van der Waals surface area contributed by atoms with Crippen LogP contribution in [0.1, 0.15) is 6.42 Å². The molecule has 8 heteroatoms. The molecule has 0 aromatic heterocycles. The van der Waals surface area contributed by atoms with Crippen molar-refractivity contribution >= 4 is 40.9 Å². The summed E-state index contributed by atoms with van der Waals surface area (Å²) in [6, 6.07) is 15.1. The lowest BCUT2D eigenvalue weighted by Crippen LogP contribution is -2.39.